The van der Waals surface area contributed by atoms with Gasteiger partial charge in [0.1, 0.15) is 0 Å². The van der Waals surface area contributed by atoms with Crippen LogP contribution < -0.4 is 11.3 Å². The van der Waals surface area contributed by atoms with Crippen LogP contribution in [0.15, 0.2) is 41.3 Å². The minimum absolute atomic E-state index is 0.115. The normalized spacial score (nSPS) is 24.1. The van der Waals surface area contributed by atoms with Gasteiger partial charge in [0.25, 0.3) is 5.56 Å². The van der Waals surface area contributed by atoms with Crippen molar-refractivity contribution < 1.29 is 0 Å². The van der Waals surface area contributed by atoms with Gasteiger partial charge in [0.2, 0.25) is 0 Å². The second kappa shape index (κ2) is 4.25. The van der Waals surface area contributed by atoms with Crippen molar-refractivity contribution in [2.45, 2.75) is 31.8 Å². The zero-order chi connectivity index (χ0) is 12.7. The van der Waals surface area contributed by atoms with E-state index in [2.05, 4.69) is 6.92 Å². The topological polar surface area (TPSA) is 48.0 Å². The van der Waals surface area contributed by atoms with Gasteiger partial charge in [0.05, 0.1) is 0 Å². The summed E-state index contributed by atoms with van der Waals surface area (Å²) in [5.74, 6) is 0.467. The van der Waals surface area contributed by atoms with Crippen LogP contribution in [0.25, 0.3) is 10.8 Å². The molecular formula is C15H18N2O. The Hall–Kier alpha value is -1.61. The summed E-state index contributed by atoms with van der Waals surface area (Å²) in [7, 11) is 0. The summed E-state index contributed by atoms with van der Waals surface area (Å²) >= 11 is 0. The van der Waals surface area contributed by atoms with E-state index in [0.717, 1.165) is 23.6 Å². The van der Waals surface area contributed by atoms with E-state index in [-0.39, 0.29) is 11.6 Å². The Morgan fingerprint density at radius 2 is 2.17 bits per heavy atom. The number of pyridine rings is 1. The standard InChI is InChI=1S/C15H18N2O/c1-2-13(16)12-9-14(12)17-8-7-10-5-3-4-6-11(10)15(17)18/h3-8,12-14H,2,9,16H2,1H3. The molecule has 0 amide bonds. The molecule has 1 aliphatic carbocycles. The molecule has 18 heavy (non-hydrogen) atoms. The molecule has 0 aliphatic heterocycles. The fourth-order valence-electron chi connectivity index (χ4n) is 2.75. The van der Waals surface area contributed by atoms with Gasteiger partial charge in [0, 0.05) is 23.7 Å². The van der Waals surface area contributed by atoms with Crippen molar-refractivity contribution in [3.8, 4) is 0 Å². The lowest BCUT2D eigenvalue weighted by molar-refractivity contribution is 0.521. The van der Waals surface area contributed by atoms with Crippen molar-refractivity contribution in [2.75, 3.05) is 0 Å². The average molecular weight is 242 g/mol. The molecule has 1 aliphatic rings. The van der Waals surface area contributed by atoms with Gasteiger partial charge in [-0.2, -0.15) is 0 Å². The van der Waals surface area contributed by atoms with Crippen molar-refractivity contribution in [2.24, 2.45) is 11.7 Å². The van der Waals surface area contributed by atoms with Gasteiger partial charge in [-0.05, 0) is 36.3 Å². The minimum atomic E-state index is 0.115. The number of fused-ring (bicyclic) bond motifs is 1. The summed E-state index contributed by atoms with van der Waals surface area (Å²) in [6, 6.07) is 10.3. The maximum absolute atomic E-state index is 12.4. The third-order valence-corrected chi connectivity index (χ3v) is 4.02. The van der Waals surface area contributed by atoms with E-state index >= 15 is 0 Å². The predicted molar refractivity (Wildman–Crippen MR) is 73.6 cm³/mol. The van der Waals surface area contributed by atoms with Crippen LogP contribution in [0, 0.1) is 5.92 Å². The van der Waals surface area contributed by atoms with Crippen LogP contribution in [0.2, 0.25) is 0 Å². The van der Waals surface area contributed by atoms with E-state index in [0.29, 0.717) is 12.0 Å². The van der Waals surface area contributed by atoms with Crippen LogP contribution in [0.3, 0.4) is 0 Å². The van der Waals surface area contributed by atoms with Gasteiger partial charge < -0.3 is 10.3 Å². The average Bonchev–Trinajstić information content (AvgIpc) is 3.19. The third-order valence-electron chi connectivity index (χ3n) is 4.02. The summed E-state index contributed by atoms with van der Waals surface area (Å²) in [6.07, 6.45) is 3.93. The molecule has 1 saturated carbocycles. The Morgan fingerprint density at radius 1 is 1.39 bits per heavy atom. The Balaban J connectivity index is 2.00. The quantitative estimate of drug-likeness (QED) is 0.897. The largest absolute Gasteiger partial charge is 0.327 e. The fourth-order valence-corrected chi connectivity index (χ4v) is 2.75. The number of rotatable bonds is 3. The molecule has 2 N–H and O–H groups in total. The van der Waals surface area contributed by atoms with Gasteiger partial charge in [0.15, 0.2) is 0 Å². The first-order valence-corrected chi connectivity index (χ1v) is 6.58. The van der Waals surface area contributed by atoms with Crippen LogP contribution in [0.4, 0.5) is 0 Å². The minimum Gasteiger partial charge on any atom is -0.327 e. The molecule has 1 heterocycles. The molecule has 3 rings (SSSR count). The third kappa shape index (κ3) is 1.75. The van der Waals surface area contributed by atoms with Gasteiger partial charge >= 0.3 is 0 Å². The zero-order valence-electron chi connectivity index (χ0n) is 10.5. The monoisotopic (exact) mass is 242 g/mol. The summed E-state index contributed by atoms with van der Waals surface area (Å²) in [5.41, 5.74) is 6.17. The number of benzene rings is 1. The Labute approximate surface area is 106 Å². The molecule has 0 radical (unpaired) electrons. The highest BCUT2D eigenvalue weighted by molar-refractivity contribution is 5.81. The van der Waals surface area contributed by atoms with Crippen molar-refractivity contribution in [3.63, 3.8) is 0 Å². The molecule has 1 aromatic carbocycles. The predicted octanol–water partition coefficient (Wildman–Crippen LogP) is 2.30. The van der Waals surface area contributed by atoms with Crippen LogP contribution >= 0.6 is 0 Å². The van der Waals surface area contributed by atoms with Gasteiger partial charge in [-0.15, -0.1) is 0 Å². The molecule has 0 saturated heterocycles. The first-order valence-electron chi connectivity index (χ1n) is 6.58. The van der Waals surface area contributed by atoms with Crippen molar-refractivity contribution >= 4 is 10.8 Å². The smallest absolute Gasteiger partial charge is 0.258 e. The number of aromatic nitrogens is 1. The van der Waals surface area contributed by atoms with E-state index in [9.17, 15) is 4.79 Å². The number of hydrogen-bond acceptors (Lipinski definition) is 2. The number of nitrogens with two attached hydrogens (primary N) is 1. The van der Waals surface area contributed by atoms with Gasteiger partial charge in [-0.3, -0.25) is 4.79 Å². The van der Waals surface area contributed by atoms with Crippen molar-refractivity contribution in [1.82, 2.24) is 4.57 Å². The second-order valence-corrected chi connectivity index (χ2v) is 5.15. The molecule has 3 atom stereocenters. The van der Waals surface area contributed by atoms with Gasteiger partial charge in [-0.25, -0.2) is 0 Å². The van der Waals surface area contributed by atoms with E-state index in [4.69, 9.17) is 5.73 Å². The summed E-state index contributed by atoms with van der Waals surface area (Å²) in [6.45, 7) is 2.10. The highest BCUT2D eigenvalue weighted by Gasteiger charge is 2.42. The Bertz CT molecular complexity index is 632. The SMILES string of the molecule is CCC(N)C1CC1n1ccc2ccccc2c1=O. The lowest BCUT2D eigenvalue weighted by Crippen LogP contribution is -2.25. The molecule has 0 bridgehead atoms. The Kier molecular flexibility index (Phi) is 2.71. The molecule has 3 nitrogen and oxygen atoms in total. The highest BCUT2D eigenvalue weighted by Crippen LogP contribution is 2.45. The first-order chi connectivity index (χ1) is 8.72. The molecule has 1 aromatic heterocycles. The lowest BCUT2D eigenvalue weighted by atomic mass is 10.1. The van der Waals surface area contributed by atoms with E-state index in [1.54, 1.807) is 0 Å². The highest BCUT2D eigenvalue weighted by atomic mass is 16.1. The molecule has 3 unspecified atom stereocenters. The van der Waals surface area contributed by atoms with Crippen LogP contribution in [-0.4, -0.2) is 10.6 Å². The first kappa shape index (κ1) is 11.5. The van der Waals surface area contributed by atoms with Crippen molar-refractivity contribution in [1.29, 1.82) is 0 Å². The van der Waals surface area contributed by atoms with Crippen LogP contribution in [0.1, 0.15) is 25.8 Å². The van der Waals surface area contributed by atoms with Crippen molar-refractivity contribution in [3.05, 3.63) is 46.9 Å². The van der Waals surface area contributed by atoms with Crippen LogP contribution in [-0.2, 0) is 0 Å². The summed E-state index contributed by atoms with van der Waals surface area (Å²) in [5, 5.41) is 1.81. The summed E-state index contributed by atoms with van der Waals surface area (Å²) in [4.78, 5) is 12.4. The molecule has 2 aromatic rings. The molecule has 1 fully saturated rings. The summed E-state index contributed by atoms with van der Waals surface area (Å²) < 4.78 is 1.86. The molecular weight excluding hydrogens is 224 g/mol. The van der Waals surface area contributed by atoms with E-state index in [1.165, 1.54) is 0 Å². The lowest BCUT2D eigenvalue weighted by Gasteiger charge is -2.10. The van der Waals surface area contributed by atoms with Gasteiger partial charge in [-0.1, -0.05) is 25.1 Å². The zero-order valence-corrected chi connectivity index (χ0v) is 10.5. The fraction of sp³-hybridized carbons (Fsp3) is 0.400. The molecule has 3 heteroatoms. The maximum atomic E-state index is 12.4. The van der Waals surface area contributed by atoms with E-state index in [1.807, 2.05) is 41.1 Å². The Morgan fingerprint density at radius 3 is 2.94 bits per heavy atom. The van der Waals surface area contributed by atoms with E-state index < -0.39 is 0 Å². The van der Waals surface area contributed by atoms with Crippen LogP contribution in [0.5, 0.6) is 0 Å². The number of nitrogens with zero attached hydrogens (tertiary/aromatic N) is 1. The maximum Gasteiger partial charge on any atom is 0.258 e. The second-order valence-electron chi connectivity index (χ2n) is 5.15. The molecule has 0 spiro atoms. The number of hydrogen-bond donors (Lipinski definition) is 1. The molecule has 94 valence electrons.